The van der Waals surface area contributed by atoms with E-state index >= 15 is 0 Å². The fourth-order valence-corrected chi connectivity index (χ4v) is 2.97. The molecule has 0 aromatic heterocycles. The molecule has 0 saturated heterocycles. The predicted octanol–water partition coefficient (Wildman–Crippen LogP) is 3.53. The summed E-state index contributed by atoms with van der Waals surface area (Å²) in [5.74, 6) is 0. The van der Waals surface area contributed by atoms with Gasteiger partial charge in [-0.1, -0.05) is 25.1 Å². The van der Waals surface area contributed by atoms with Crippen LogP contribution in [0.4, 0.5) is 5.69 Å². The van der Waals surface area contributed by atoms with E-state index in [1.807, 2.05) is 0 Å². The molecule has 0 fully saturated rings. The molecule has 1 aromatic rings. The smallest absolute Gasteiger partial charge is 0.0373 e. The van der Waals surface area contributed by atoms with Gasteiger partial charge in [0.25, 0.3) is 0 Å². The topological polar surface area (TPSA) is 15.3 Å². The zero-order valence-corrected chi connectivity index (χ0v) is 11.9. The van der Waals surface area contributed by atoms with Crippen LogP contribution in [0.5, 0.6) is 0 Å². The molecule has 1 heterocycles. The summed E-state index contributed by atoms with van der Waals surface area (Å²) in [6, 6.07) is 10.0. The summed E-state index contributed by atoms with van der Waals surface area (Å²) in [5.41, 5.74) is 2.81. The lowest BCUT2D eigenvalue weighted by Gasteiger charge is -2.34. The Morgan fingerprint density at radius 3 is 2.83 bits per heavy atom. The highest BCUT2D eigenvalue weighted by Crippen LogP contribution is 2.23. The summed E-state index contributed by atoms with van der Waals surface area (Å²) in [6.07, 6.45) is 3.70. The number of hydrogen-bond acceptors (Lipinski definition) is 2. The zero-order valence-electron chi connectivity index (χ0n) is 11.9. The molecule has 0 amide bonds. The molecule has 1 unspecified atom stereocenters. The largest absolute Gasteiger partial charge is 0.383 e. The van der Waals surface area contributed by atoms with E-state index in [1.54, 1.807) is 0 Å². The Hall–Kier alpha value is -1.02. The van der Waals surface area contributed by atoms with Crippen LogP contribution in [0.2, 0.25) is 0 Å². The van der Waals surface area contributed by atoms with Crippen molar-refractivity contribution in [2.45, 2.75) is 52.1 Å². The van der Waals surface area contributed by atoms with Gasteiger partial charge in [-0.3, -0.25) is 4.90 Å². The van der Waals surface area contributed by atoms with Gasteiger partial charge in [0.1, 0.15) is 0 Å². The van der Waals surface area contributed by atoms with Crippen LogP contribution in [-0.2, 0) is 6.42 Å². The maximum Gasteiger partial charge on any atom is 0.0373 e. The number of hydrogen-bond donors (Lipinski definition) is 1. The maximum absolute atomic E-state index is 3.63. The highest BCUT2D eigenvalue weighted by atomic mass is 15.2. The van der Waals surface area contributed by atoms with Gasteiger partial charge in [-0.2, -0.15) is 0 Å². The van der Waals surface area contributed by atoms with E-state index in [4.69, 9.17) is 0 Å². The number of nitrogens with one attached hydrogen (secondary N) is 1. The van der Waals surface area contributed by atoms with E-state index in [0.717, 1.165) is 6.54 Å². The van der Waals surface area contributed by atoms with Crippen molar-refractivity contribution in [2.75, 3.05) is 18.4 Å². The number of rotatable bonds is 4. The first-order valence-electron chi connectivity index (χ1n) is 7.30. The lowest BCUT2D eigenvalue weighted by atomic mass is 10.0. The maximum atomic E-state index is 3.63. The minimum atomic E-state index is 0.637. The highest BCUT2D eigenvalue weighted by molar-refractivity contribution is 5.52. The Morgan fingerprint density at radius 2 is 2.11 bits per heavy atom. The Balaban J connectivity index is 2.06. The van der Waals surface area contributed by atoms with Crippen LogP contribution >= 0.6 is 0 Å². The van der Waals surface area contributed by atoms with Crippen LogP contribution in [0.3, 0.4) is 0 Å². The quantitative estimate of drug-likeness (QED) is 0.874. The summed E-state index contributed by atoms with van der Waals surface area (Å²) in [5, 5.41) is 3.63. The van der Waals surface area contributed by atoms with E-state index in [-0.39, 0.29) is 0 Å². The molecule has 1 aliphatic heterocycles. The van der Waals surface area contributed by atoms with Gasteiger partial charge in [-0.05, 0) is 51.3 Å². The van der Waals surface area contributed by atoms with Gasteiger partial charge in [0.2, 0.25) is 0 Å². The van der Waals surface area contributed by atoms with Crippen molar-refractivity contribution >= 4 is 5.69 Å². The molecule has 2 heteroatoms. The number of para-hydroxylation sites is 1. The molecule has 18 heavy (non-hydrogen) atoms. The molecular weight excluding hydrogens is 220 g/mol. The summed E-state index contributed by atoms with van der Waals surface area (Å²) in [7, 11) is 0. The number of anilines is 1. The van der Waals surface area contributed by atoms with Crippen molar-refractivity contribution in [3.05, 3.63) is 29.8 Å². The van der Waals surface area contributed by atoms with Crippen molar-refractivity contribution in [1.82, 2.24) is 4.90 Å². The van der Waals surface area contributed by atoms with Crippen LogP contribution in [-0.4, -0.2) is 30.1 Å². The van der Waals surface area contributed by atoms with Gasteiger partial charge >= 0.3 is 0 Å². The predicted molar refractivity (Wildman–Crippen MR) is 79.2 cm³/mol. The molecule has 2 nitrogen and oxygen atoms in total. The average molecular weight is 246 g/mol. The van der Waals surface area contributed by atoms with Gasteiger partial charge in [-0.25, -0.2) is 0 Å². The lowest BCUT2D eigenvalue weighted by molar-refractivity contribution is 0.153. The molecule has 1 aromatic carbocycles. The van der Waals surface area contributed by atoms with Crippen molar-refractivity contribution in [1.29, 1.82) is 0 Å². The first-order valence-corrected chi connectivity index (χ1v) is 7.30. The Bertz CT molecular complexity index is 346. The second-order valence-electron chi connectivity index (χ2n) is 5.56. The molecule has 0 bridgehead atoms. The molecular formula is C16H26N2. The van der Waals surface area contributed by atoms with Crippen molar-refractivity contribution < 1.29 is 0 Å². The van der Waals surface area contributed by atoms with Crippen LogP contribution in [0.25, 0.3) is 0 Å². The summed E-state index contributed by atoms with van der Waals surface area (Å²) in [4.78, 5) is 2.65. The van der Waals surface area contributed by atoms with Crippen LogP contribution in [0.15, 0.2) is 24.3 Å². The monoisotopic (exact) mass is 246 g/mol. The molecule has 1 atom stereocenters. The van der Waals surface area contributed by atoms with Crippen LogP contribution in [0, 0.1) is 0 Å². The minimum absolute atomic E-state index is 0.637. The number of aryl methyl sites for hydroxylation is 1. The summed E-state index contributed by atoms with van der Waals surface area (Å²) < 4.78 is 0. The van der Waals surface area contributed by atoms with Gasteiger partial charge in [0.15, 0.2) is 0 Å². The van der Waals surface area contributed by atoms with Crippen LogP contribution < -0.4 is 5.32 Å². The second-order valence-corrected chi connectivity index (χ2v) is 5.56. The fraction of sp³-hybridized carbons (Fsp3) is 0.625. The Morgan fingerprint density at radius 1 is 1.33 bits per heavy atom. The molecule has 1 N–H and O–H groups in total. The molecule has 0 aliphatic carbocycles. The van der Waals surface area contributed by atoms with Crippen molar-refractivity contribution in [3.63, 3.8) is 0 Å². The van der Waals surface area contributed by atoms with Crippen molar-refractivity contribution in [3.8, 4) is 0 Å². The number of nitrogens with zero attached hydrogens (tertiary/aromatic N) is 1. The first kappa shape index (κ1) is 13.4. The summed E-state index contributed by atoms with van der Waals surface area (Å²) >= 11 is 0. The molecule has 100 valence electrons. The zero-order chi connectivity index (χ0) is 13.0. The van der Waals surface area contributed by atoms with E-state index in [1.165, 1.54) is 37.1 Å². The van der Waals surface area contributed by atoms with Gasteiger partial charge in [0, 0.05) is 24.3 Å². The van der Waals surface area contributed by atoms with Gasteiger partial charge in [-0.15, -0.1) is 0 Å². The SMILES string of the molecule is CCCN(C(C)C)C1CCc2ccccc2NC1. The lowest BCUT2D eigenvalue weighted by Crippen LogP contribution is -2.44. The highest BCUT2D eigenvalue weighted by Gasteiger charge is 2.22. The summed E-state index contributed by atoms with van der Waals surface area (Å²) in [6.45, 7) is 9.19. The molecule has 0 radical (unpaired) electrons. The van der Waals surface area contributed by atoms with E-state index < -0.39 is 0 Å². The fourth-order valence-electron chi connectivity index (χ4n) is 2.97. The normalized spacial score (nSPS) is 19.5. The number of benzene rings is 1. The van der Waals surface area contributed by atoms with E-state index in [0.29, 0.717) is 12.1 Å². The molecule has 0 saturated carbocycles. The van der Waals surface area contributed by atoms with Crippen molar-refractivity contribution in [2.24, 2.45) is 0 Å². The van der Waals surface area contributed by atoms with E-state index in [9.17, 15) is 0 Å². The standard InChI is InChI=1S/C16H26N2/c1-4-11-18(13(2)3)15-10-9-14-7-5-6-8-16(14)17-12-15/h5-8,13,15,17H,4,9-12H2,1-3H3. The molecule has 2 rings (SSSR count). The van der Waals surface area contributed by atoms with Gasteiger partial charge < -0.3 is 5.32 Å². The number of fused-ring (bicyclic) bond motifs is 1. The van der Waals surface area contributed by atoms with Gasteiger partial charge in [0.05, 0.1) is 0 Å². The van der Waals surface area contributed by atoms with Crippen LogP contribution in [0.1, 0.15) is 39.2 Å². The molecule has 0 spiro atoms. The first-order chi connectivity index (χ1) is 8.72. The minimum Gasteiger partial charge on any atom is -0.383 e. The average Bonchev–Trinajstić information content (AvgIpc) is 2.58. The Labute approximate surface area is 111 Å². The molecule has 1 aliphatic rings. The third-order valence-electron chi connectivity index (χ3n) is 3.91. The third-order valence-corrected chi connectivity index (χ3v) is 3.91. The Kier molecular flexibility index (Phi) is 4.65. The van der Waals surface area contributed by atoms with E-state index in [2.05, 4.69) is 55.3 Å². The second kappa shape index (κ2) is 6.24. The third kappa shape index (κ3) is 3.05.